The number of thioether (sulfide) groups is 1. The Hall–Kier alpha value is -1.28. The van der Waals surface area contributed by atoms with Gasteiger partial charge in [0.15, 0.2) is 0 Å². The zero-order valence-corrected chi connectivity index (χ0v) is 18.7. The molecule has 164 valence electrons. The number of carbonyl (C=O) groups is 3. The molecule has 3 fully saturated rings. The van der Waals surface area contributed by atoms with Gasteiger partial charge >= 0.3 is 5.97 Å². The van der Waals surface area contributed by atoms with Gasteiger partial charge in [-0.3, -0.25) is 14.4 Å². The van der Waals surface area contributed by atoms with Crippen LogP contribution in [0.1, 0.15) is 53.4 Å². The van der Waals surface area contributed by atoms with Crippen molar-refractivity contribution < 1.29 is 24.2 Å². The molecule has 0 saturated carbocycles. The number of hydrogen-bond acceptors (Lipinski definition) is 6. The van der Waals surface area contributed by atoms with E-state index in [2.05, 4.69) is 12.2 Å². The van der Waals surface area contributed by atoms with E-state index in [1.807, 2.05) is 13.8 Å². The van der Waals surface area contributed by atoms with Crippen molar-refractivity contribution in [1.29, 1.82) is 0 Å². The minimum atomic E-state index is -0.574. The molecular formula is C21H34N2O5S. The highest BCUT2D eigenvalue weighted by molar-refractivity contribution is 8.02. The first-order valence-electron chi connectivity index (χ1n) is 10.9. The van der Waals surface area contributed by atoms with Gasteiger partial charge in [-0.25, -0.2) is 0 Å². The fourth-order valence-electron chi connectivity index (χ4n) is 5.50. The van der Waals surface area contributed by atoms with Crippen molar-refractivity contribution in [2.75, 3.05) is 19.8 Å². The van der Waals surface area contributed by atoms with Gasteiger partial charge in [-0.15, -0.1) is 11.8 Å². The molecule has 29 heavy (non-hydrogen) atoms. The molecule has 3 unspecified atom stereocenters. The Morgan fingerprint density at radius 2 is 2.07 bits per heavy atom. The van der Waals surface area contributed by atoms with Crippen molar-refractivity contribution in [3.8, 4) is 0 Å². The number of nitrogens with one attached hydrogen (secondary N) is 1. The van der Waals surface area contributed by atoms with Crippen LogP contribution in [0.2, 0.25) is 0 Å². The molecule has 8 heteroatoms. The monoisotopic (exact) mass is 426 g/mol. The molecule has 0 aromatic heterocycles. The molecule has 1 spiro atoms. The first kappa shape index (κ1) is 22.4. The lowest BCUT2D eigenvalue weighted by Crippen LogP contribution is -2.57. The summed E-state index contributed by atoms with van der Waals surface area (Å²) in [6.45, 7) is 8.61. The van der Waals surface area contributed by atoms with Crippen LogP contribution in [-0.2, 0) is 19.1 Å². The third kappa shape index (κ3) is 3.67. The highest BCUT2D eigenvalue weighted by atomic mass is 32.2. The summed E-state index contributed by atoms with van der Waals surface area (Å²) in [5, 5.41) is 12.1. The van der Waals surface area contributed by atoms with Gasteiger partial charge in [-0.1, -0.05) is 6.92 Å². The summed E-state index contributed by atoms with van der Waals surface area (Å²) in [7, 11) is 0. The number of aliphatic hydroxyl groups excluding tert-OH is 1. The van der Waals surface area contributed by atoms with Gasteiger partial charge in [0.25, 0.3) is 0 Å². The zero-order chi connectivity index (χ0) is 21.3. The lowest BCUT2D eigenvalue weighted by molar-refractivity contribution is -0.154. The fraction of sp³-hybridized carbons (Fsp3) is 0.857. The van der Waals surface area contributed by atoms with E-state index in [9.17, 15) is 14.4 Å². The number of ether oxygens (including phenoxy) is 1. The van der Waals surface area contributed by atoms with Gasteiger partial charge in [0.05, 0.1) is 23.2 Å². The van der Waals surface area contributed by atoms with Crippen LogP contribution >= 0.6 is 11.8 Å². The van der Waals surface area contributed by atoms with Crippen molar-refractivity contribution in [2.45, 2.75) is 75.5 Å². The molecule has 3 aliphatic heterocycles. The second-order valence-electron chi connectivity index (χ2n) is 8.78. The number of likely N-dealkylation sites (tertiary alicyclic amines) is 1. The number of aliphatic hydroxyl groups is 1. The molecule has 2 N–H and O–H groups in total. The molecule has 2 amide bonds. The molecule has 3 rings (SSSR count). The first-order valence-corrected chi connectivity index (χ1v) is 11.7. The SMILES string of the molecule is CCOC(=O)[C@@H]1[C@@H]2CC(C)C3(S2)C(C(=O)NC(C)C)N(CCCCCO)C(=O)[C@H]13. The molecule has 3 aliphatic rings. The van der Waals surface area contributed by atoms with Crippen LogP contribution in [0.3, 0.4) is 0 Å². The largest absolute Gasteiger partial charge is 0.466 e. The Labute approximate surface area is 177 Å². The van der Waals surface area contributed by atoms with Gasteiger partial charge in [0.2, 0.25) is 11.8 Å². The number of unbranched alkanes of at least 4 members (excludes halogenated alkanes) is 2. The molecule has 3 saturated heterocycles. The third-order valence-corrected chi connectivity index (χ3v) is 8.62. The van der Waals surface area contributed by atoms with Crippen LogP contribution in [0.5, 0.6) is 0 Å². The Morgan fingerprint density at radius 3 is 2.69 bits per heavy atom. The van der Waals surface area contributed by atoms with E-state index in [4.69, 9.17) is 9.84 Å². The van der Waals surface area contributed by atoms with Crippen molar-refractivity contribution in [2.24, 2.45) is 17.8 Å². The Balaban J connectivity index is 1.95. The second kappa shape index (κ2) is 8.84. The predicted octanol–water partition coefficient (Wildman–Crippen LogP) is 1.57. The van der Waals surface area contributed by atoms with Crippen LogP contribution in [0.25, 0.3) is 0 Å². The van der Waals surface area contributed by atoms with Gasteiger partial charge in [-0.05, 0) is 52.4 Å². The summed E-state index contributed by atoms with van der Waals surface area (Å²) in [4.78, 5) is 41.3. The number of fused-ring (bicyclic) bond motifs is 1. The van der Waals surface area contributed by atoms with E-state index >= 15 is 0 Å². The van der Waals surface area contributed by atoms with Crippen LogP contribution < -0.4 is 5.32 Å². The van der Waals surface area contributed by atoms with Crippen LogP contribution in [-0.4, -0.2) is 69.6 Å². The Bertz CT molecular complexity index is 657. The van der Waals surface area contributed by atoms with E-state index in [0.717, 1.165) is 19.3 Å². The topological polar surface area (TPSA) is 95.9 Å². The van der Waals surface area contributed by atoms with E-state index in [1.54, 1.807) is 23.6 Å². The summed E-state index contributed by atoms with van der Waals surface area (Å²) in [5.41, 5.74) is 0. The summed E-state index contributed by atoms with van der Waals surface area (Å²) in [6.07, 6.45) is 3.02. The molecule has 0 aromatic rings. The molecular weight excluding hydrogens is 392 g/mol. The Morgan fingerprint density at radius 1 is 1.34 bits per heavy atom. The van der Waals surface area contributed by atoms with Crippen molar-refractivity contribution in [1.82, 2.24) is 10.2 Å². The van der Waals surface area contributed by atoms with Crippen LogP contribution in [0.4, 0.5) is 0 Å². The van der Waals surface area contributed by atoms with Gasteiger partial charge in [-0.2, -0.15) is 0 Å². The van der Waals surface area contributed by atoms with Gasteiger partial charge in [0, 0.05) is 24.4 Å². The number of carbonyl (C=O) groups excluding carboxylic acids is 3. The first-order chi connectivity index (χ1) is 13.8. The molecule has 3 heterocycles. The average molecular weight is 427 g/mol. The summed E-state index contributed by atoms with van der Waals surface area (Å²) >= 11 is 1.67. The molecule has 7 nitrogen and oxygen atoms in total. The maximum absolute atomic E-state index is 13.6. The molecule has 2 bridgehead atoms. The quantitative estimate of drug-likeness (QED) is 0.429. The standard InChI is InChI=1S/C21H34N2O5S/c1-5-28-20(27)15-14-11-13(4)21(29-14)16(15)19(26)23(9-7-6-8-10-24)17(21)18(25)22-12(2)3/h12-17,24H,5-11H2,1-4H3,(H,22,25)/t13?,14-,15+,16-,17?,21?/m0/s1. The minimum Gasteiger partial charge on any atom is -0.466 e. The van der Waals surface area contributed by atoms with Crippen LogP contribution in [0.15, 0.2) is 0 Å². The maximum Gasteiger partial charge on any atom is 0.310 e. The lowest BCUT2D eigenvalue weighted by Gasteiger charge is -2.38. The summed E-state index contributed by atoms with van der Waals surface area (Å²) < 4.78 is 4.75. The lowest BCUT2D eigenvalue weighted by atomic mass is 9.66. The highest BCUT2D eigenvalue weighted by Crippen LogP contribution is 2.68. The number of hydrogen-bond donors (Lipinski definition) is 2. The normalized spacial score (nSPS) is 35.3. The van der Waals surface area contributed by atoms with E-state index < -0.39 is 22.6 Å². The molecule has 0 aliphatic carbocycles. The van der Waals surface area contributed by atoms with Crippen molar-refractivity contribution >= 4 is 29.5 Å². The number of amides is 2. The average Bonchev–Trinajstić information content (AvgIpc) is 3.22. The predicted molar refractivity (Wildman–Crippen MR) is 111 cm³/mol. The minimum absolute atomic E-state index is 0.0240. The number of nitrogens with zero attached hydrogens (tertiary/aromatic N) is 1. The maximum atomic E-state index is 13.6. The molecule has 0 aromatic carbocycles. The van der Waals surface area contributed by atoms with Gasteiger partial charge in [0.1, 0.15) is 6.04 Å². The van der Waals surface area contributed by atoms with Gasteiger partial charge < -0.3 is 20.1 Å². The fourth-order valence-corrected chi connectivity index (χ4v) is 7.91. The van der Waals surface area contributed by atoms with Crippen molar-refractivity contribution in [3.05, 3.63) is 0 Å². The molecule has 6 atom stereocenters. The Kier molecular flexibility index (Phi) is 6.83. The van der Waals surface area contributed by atoms with E-state index in [1.165, 1.54) is 0 Å². The van der Waals surface area contributed by atoms with E-state index in [-0.39, 0.29) is 41.6 Å². The number of esters is 1. The summed E-state index contributed by atoms with van der Waals surface area (Å²) in [6, 6.07) is -0.593. The van der Waals surface area contributed by atoms with Crippen molar-refractivity contribution in [3.63, 3.8) is 0 Å². The van der Waals surface area contributed by atoms with Crippen LogP contribution in [0, 0.1) is 17.8 Å². The zero-order valence-electron chi connectivity index (χ0n) is 17.8. The third-order valence-electron chi connectivity index (χ3n) is 6.54. The number of rotatable bonds is 9. The van der Waals surface area contributed by atoms with E-state index in [0.29, 0.717) is 19.6 Å². The molecule has 0 radical (unpaired) electrons. The second-order valence-corrected chi connectivity index (χ2v) is 10.3. The summed E-state index contributed by atoms with van der Waals surface area (Å²) in [5.74, 6) is -1.31. The highest BCUT2D eigenvalue weighted by Gasteiger charge is 2.76. The smallest absolute Gasteiger partial charge is 0.310 e.